The van der Waals surface area contributed by atoms with Crippen LogP contribution in [0.5, 0.6) is 0 Å². The zero-order chi connectivity index (χ0) is 13.0. The lowest BCUT2D eigenvalue weighted by molar-refractivity contribution is -0.123. The quantitative estimate of drug-likeness (QED) is 0.882. The fourth-order valence-electron chi connectivity index (χ4n) is 2.20. The average molecular weight is 267 g/mol. The Kier molecular flexibility index (Phi) is 4.72. The monoisotopic (exact) mass is 267 g/mol. The first-order valence-electron chi connectivity index (χ1n) is 6.63. The Morgan fingerprint density at radius 3 is 3.11 bits per heavy atom. The molecule has 0 bridgehead atoms. The van der Waals surface area contributed by atoms with Crippen LogP contribution in [0.1, 0.15) is 48.5 Å². The molecule has 5 heteroatoms. The maximum atomic E-state index is 12.1. The van der Waals surface area contributed by atoms with E-state index in [0.717, 1.165) is 24.4 Å². The van der Waals surface area contributed by atoms with Gasteiger partial charge in [0.05, 0.1) is 12.1 Å². The SMILES string of the molecule is Cc1cnc(C(C)NC(=O)C2CCCCCN2)s1. The highest BCUT2D eigenvalue weighted by Crippen LogP contribution is 2.19. The van der Waals surface area contributed by atoms with E-state index < -0.39 is 0 Å². The molecular weight excluding hydrogens is 246 g/mol. The molecule has 0 saturated carbocycles. The summed E-state index contributed by atoms with van der Waals surface area (Å²) in [5.74, 6) is 0.109. The number of aromatic nitrogens is 1. The van der Waals surface area contributed by atoms with Gasteiger partial charge in [0.2, 0.25) is 5.91 Å². The van der Waals surface area contributed by atoms with Gasteiger partial charge in [0.1, 0.15) is 5.01 Å². The van der Waals surface area contributed by atoms with Crippen LogP contribution in [-0.4, -0.2) is 23.5 Å². The summed E-state index contributed by atoms with van der Waals surface area (Å²) in [5.41, 5.74) is 0. The molecular formula is C13H21N3OS. The molecule has 1 fully saturated rings. The zero-order valence-electron chi connectivity index (χ0n) is 11.0. The van der Waals surface area contributed by atoms with Crippen molar-refractivity contribution in [2.24, 2.45) is 0 Å². The van der Waals surface area contributed by atoms with Gasteiger partial charge in [-0.2, -0.15) is 0 Å². The smallest absolute Gasteiger partial charge is 0.237 e. The number of nitrogens with zero attached hydrogens (tertiary/aromatic N) is 1. The Morgan fingerprint density at radius 1 is 1.56 bits per heavy atom. The van der Waals surface area contributed by atoms with E-state index in [1.54, 1.807) is 11.3 Å². The largest absolute Gasteiger partial charge is 0.346 e. The van der Waals surface area contributed by atoms with Crippen molar-refractivity contribution in [1.82, 2.24) is 15.6 Å². The minimum Gasteiger partial charge on any atom is -0.346 e. The molecule has 100 valence electrons. The lowest BCUT2D eigenvalue weighted by Gasteiger charge is -2.18. The Bertz CT molecular complexity index is 397. The van der Waals surface area contributed by atoms with Crippen molar-refractivity contribution in [3.8, 4) is 0 Å². The first-order chi connectivity index (χ1) is 8.66. The summed E-state index contributed by atoms with van der Waals surface area (Å²) in [6.45, 7) is 4.97. The van der Waals surface area contributed by atoms with E-state index in [1.165, 1.54) is 17.7 Å². The molecule has 1 amide bonds. The van der Waals surface area contributed by atoms with Crippen LogP contribution in [0.25, 0.3) is 0 Å². The van der Waals surface area contributed by atoms with Gasteiger partial charge in [-0.15, -0.1) is 11.3 Å². The van der Waals surface area contributed by atoms with Crippen LogP contribution < -0.4 is 10.6 Å². The molecule has 18 heavy (non-hydrogen) atoms. The standard InChI is InChI=1S/C13H21N3OS/c1-9-8-15-13(18-9)10(2)16-12(17)11-6-4-3-5-7-14-11/h8,10-11,14H,3-7H2,1-2H3,(H,16,17). The van der Waals surface area contributed by atoms with Crippen molar-refractivity contribution in [3.05, 3.63) is 16.1 Å². The maximum absolute atomic E-state index is 12.1. The number of thiazole rings is 1. The third kappa shape index (κ3) is 3.53. The van der Waals surface area contributed by atoms with Crippen molar-refractivity contribution < 1.29 is 4.79 Å². The molecule has 2 atom stereocenters. The zero-order valence-corrected chi connectivity index (χ0v) is 11.8. The van der Waals surface area contributed by atoms with E-state index in [2.05, 4.69) is 15.6 Å². The van der Waals surface area contributed by atoms with E-state index in [-0.39, 0.29) is 18.0 Å². The number of hydrogen-bond acceptors (Lipinski definition) is 4. The fourth-order valence-corrected chi connectivity index (χ4v) is 2.98. The van der Waals surface area contributed by atoms with Gasteiger partial charge in [0.25, 0.3) is 0 Å². The normalized spacial score (nSPS) is 22.2. The summed E-state index contributed by atoms with van der Waals surface area (Å²) in [5, 5.41) is 7.35. The van der Waals surface area contributed by atoms with Crippen LogP contribution in [0, 0.1) is 6.92 Å². The molecule has 0 radical (unpaired) electrons. The van der Waals surface area contributed by atoms with Crippen molar-refractivity contribution in [2.45, 2.75) is 51.6 Å². The maximum Gasteiger partial charge on any atom is 0.237 e. The van der Waals surface area contributed by atoms with Crippen LogP contribution in [0.4, 0.5) is 0 Å². The van der Waals surface area contributed by atoms with Crippen LogP contribution in [0.15, 0.2) is 6.20 Å². The van der Waals surface area contributed by atoms with Gasteiger partial charge in [-0.25, -0.2) is 4.98 Å². The lowest BCUT2D eigenvalue weighted by Crippen LogP contribution is -2.44. The molecule has 0 aliphatic carbocycles. The van der Waals surface area contributed by atoms with Gasteiger partial charge in [-0.05, 0) is 33.2 Å². The number of rotatable bonds is 3. The summed E-state index contributed by atoms with van der Waals surface area (Å²) < 4.78 is 0. The highest BCUT2D eigenvalue weighted by Gasteiger charge is 2.21. The van der Waals surface area contributed by atoms with Gasteiger partial charge in [0, 0.05) is 11.1 Å². The Balaban J connectivity index is 1.89. The molecule has 2 N–H and O–H groups in total. The van der Waals surface area contributed by atoms with Gasteiger partial charge >= 0.3 is 0 Å². The molecule has 0 aromatic carbocycles. The third-order valence-corrected chi connectivity index (χ3v) is 4.34. The Labute approximate surface area is 112 Å². The molecule has 2 rings (SSSR count). The highest BCUT2D eigenvalue weighted by molar-refractivity contribution is 7.11. The fraction of sp³-hybridized carbons (Fsp3) is 0.692. The average Bonchev–Trinajstić information content (AvgIpc) is 2.63. The van der Waals surface area contributed by atoms with Gasteiger partial charge in [-0.3, -0.25) is 4.79 Å². The second kappa shape index (κ2) is 6.29. The number of amides is 1. The number of hydrogen-bond donors (Lipinski definition) is 2. The van der Waals surface area contributed by atoms with Crippen molar-refractivity contribution in [2.75, 3.05) is 6.54 Å². The number of carbonyl (C=O) groups excluding carboxylic acids is 1. The Hall–Kier alpha value is -0.940. The second-order valence-corrected chi connectivity index (χ2v) is 6.16. The minimum atomic E-state index is -0.0315. The molecule has 0 spiro atoms. The first kappa shape index (κ1) is 13.5. The molecule has 2 unspecified atom stereocenters. The van der Waals surface area contributed by atoms with Gasteiger partial charge < -0.3 is 10.6 Å². The third-order valence-electron chi connectivity index (χ3n) is 3.25. The van der Waals surface area contributed by atoms with Crippen LogP contribution >= 0.6 is 11.3 Å². The van der Waals surface area contributed by atoms with Crippen molar-refractivity contribution >= 4 is 17.2 Å². The number of nitrogens with one attached hydrogen (secondary N) is 2. The molecule has 1 aliphatic heterocycles. The van der Waals surface area contributed by atoms with Crippen molar-refractivity contribution in [3.63, 3.8) is 0 Å². The minimum absolute atomic E-state index is 0.00116. The van der Waals surface area contributed by atoms with E-state index in [4.69, 9.17) is 0 Å². The van der Waals surface area contributed by atoms with Crippen molar-refractivity contribution in [1.29, 1.82) is 0 Å². The Morgan fingerprint density at radius 2 is 2.39 bits per heavy atom. The second-order valence-electron chi connectivity index (χ2n) is 4.90. The van der Waals surface area contributed by atoms with Gasteiger partial charge in [-0.1, -0.05) is 12.8 Å². The summed E-state index contributed by atoms with van der Waals surface area (Å²) >= 11 is 1.64. The topological polar surface area (TPSA) is 54.0 Å². The lowest BCUT2D eigenvalue weighted by atomic mass is 10.1. The number of carbonyl (C=O) groups is 1. The first-order valence-corrected chi connectivity index (χ1v) is 7.44. The number of aryl methyl sites for hydroxylation is 1. The summed E-state index contributed by atoms with van der Waals surface area (Å²) in [6.07, 6.45) is 6.32. The predicted octanol–water partition coefficient (Wildman–Crippen LogP) is 2.16. The molecule has 1 aromatic heterocycles. The summed E-state index contributed by atoms with van der Waals surface area (Å²) in [4.78, 5) is 17.6. The molecule has 2 heterocycles. The molecule has 4 nitrogen and oxygen atoms in total. The van der Waals surface area contributed by atoms with Crippen LogP contribution in [0.2, 0.25) is 0 Å². The molecule has 1 saturated heterocycles. The molecule has 1 aromatic rings. The van der Waals surface area contributed by atoms with E-state index in [1.807, 2.05) is 20.0 Å². The highest BCUT2D eigenvalue weighted by atomic mass is 32.1. The van der Waals surface area contributed by atoms with E-state index in [9.17, 15) is 4.79 Å². The predicted molar refractivity (Wildman–Crippen MR) is 73.7 cm³/mol. The molecule has 1 aliphatic rings. The van der Waals surface area contributed by atoms with E-state index >= 15 is 0 Å². The van der Waals surface area contributed by atoms with Gasteiger partial charge in [0.15, 0.2) is 0 Å². The van der Waals surface area contributed by atoms with Crippen LogP contribution in [-0.2, 0) is 4.79 Å². The summed E-state index contributed by atoms with van der Waals surface area (Å²) in [6, 6.07) is -0.0303. The summed E-state index contributed by atoms with van der Waals surface area (Å²) in [7, 11) is 0. The van der Waals surface area contributed by atoms with Crippen LogP contribution in [0.3, 0.4) is 0 Å². The van der Waals surface area contributed by atoms with E-state index in [0.29, 0.717) is 0 Å².